The van der Waals surface area contributed by atoms with Crippen molar-refractivity contribution in [3.05, 3.63) is 64.2 Å². The van der Waals surface area contributed by atoms with Crippen LogP contribution in [0.15, 0.2) is 58.8 Å². The molecule has 2 rings (SSSR count). The number of hydrogen-bond acceptors (Lipinski definition) is 8. The molecule has 9 heteroatoms. The minimum Gasteiger partial charge on any atom is -0.466 e. The highest BCUT2D eigenvalue weighted by atomic mass is 16.6. The molecular formula is C21H23N3O6. The van der Waals surface area contributed by atoms with Gasteiger partial charge in [0, 0.05) is 26.0 Å². The van der Waals surface area contributed by atoms with Crippen LogP contribution in [0.3, 0.4) is 0 Å². The monoisotopic (exact) mass is 413 g/mol. The van der Waals surface area contributed by atoms with E-state index in [2.05, 4.69) is 10.2 Å². The van der Waals surface area contributed by atoms with Gasteiger partial charge in [0.1, 0.15) is 0 Å². The number of nitrogens with zero attached hydrogens (tertiary/aromatic N) is 3. The summed E-state index contributed by atoms with van der Waals surface area (Å²) in [5.74, 6) is -0.629. The normalized spacial score (nSPS) is 10.9. The summed E-state index contributed by atoms with van der Waals surface area (Å²) in [6.07, 6.45) is 1.20. The molecule has 0 saturated heterocycles. The van der Waals surface area contributed by atoms with Crippen molar-refractivity contribution < 1.29 is 24.0 Å². The van der Waals surface area contributed by atoms with Gasteiger partial charge in [0.15, 0.2) is 0 Å². The number of carbonyl (C=O) groups excluding carboxylic acids is 2. The second-order valence-corrected chi connectivity index (χ2v) is 6.52. The third-order valence-corrected chi connectivity index (χ3v) is 4.25. The Morgan fingerprint density at radius 3 is 1.70 bits per heavy atom. The number of rotatable bonds is 10. The number of nitro benzene ring substituents is 1. The fourth-order valence-electron chi connectivity index (χ4n) is 2.74. The first kappa shape index (κ1) is 22.7. The summed E-state index contributed by atoms with van der Waals surface area (Å²) in [6, 6.07) is 13.2. The Labute approximate surface area is 173 Å². The number of nitro groups is 1. The van der Waals surface area contributed by atoms with E-state index in [1.165, 1.54) is 38.1 Å². The van der Waals surface area contributed by atoms with Gasteiger partial charge in [0.25, 0.3) is 5.69 Å². The first-order chi connectivity index (χ1) is 14.3. The zero-order valence-corrected chi connectivity index (χ0v) is 16.8. The maximum atomic E-state index is 11.0. The molecule has 0 heterocycles. The predicted molar refractivity (Wildman–Crippen MR) is 109 cm³/mol. The van der Waals surface area contributed by atoms with Gasteiger partial charge in [-0.1, -0.05) is 12.1 Å². The molecule has 0 aliphatic carbocycles. The summed E-state index contributed by atoms with van der Waals surface area (Å²) in [5, 5.41) is 18.9. The third kappa shape index (κ3) is 7.78. The zero-order chi connectivity index (χ0) is 21.9. The van der Waals surface area contributed by atoms with Crippen molar-refractivity contribution in [1.82, 2.24) is 0 Å². The molecule has 2 aromatic rings. The highest BCUT2D eigenvalue weighted by molar-refractivity contribution is 5.66. The first-order valence-electron chi connectivity index (χ1n) is 9.38. The van der Waals surface area contributed by atoms with Crippen molar-refractivity contribution in [3.63, 3.8) is 0 Å². The Balaban J connectivity index is 2.03. The lowest BCUT2D eigenvalue weighted by Gasteiger charge is -2.17. The molecule has 158 valence electrons. The summed E-state index contributed by atoms with van der Waals surface area (Å²) >= 11 is 0. The molecule has 0 radical (unpaired) electrons. The molecule has 0 amide bonds. The lowest BCUT2D eigenvalue weighted by atomic mass is 9.93. The number of non-ortho nitro benzene ring substituents is 1. The molecule has 0 unspecified atom stereocenters. The Kier molecular flexibility index (Phi) is 8.61. The quantitative estimate of drug-likeness (QED) is 0.234. The van der Waals surface area contributed by atoms with Crippen molar-refractivity contribution >= 4 is 29.0 Å². The van der Waals surface area contributed by atoms with Crippen LogP contribution < -0.4 is 0 Å². The molecule has 0 bridgehead atoms. The number of benzene rings is 2. The van der Waals surface area contributed by atoms with E-state index in [4.69, 9.17) is 9.47 Å². The van der Waals surface area contributed by atoms with Crippen LogP contribution in [0.1, 0.15) is 38.2 Å². The van der Waals surface area contributed by atoms with Crippen LogP contribution in [0.4, 0.5) is 17.1 Å². The predicted octanol–water partition coefficient (Wildman–Crippen LogP) is 5.00. The van der Waals surface area contributed by atoms with Gasteiger partial charge in [-0.25, -0.2) is 0 Å². The lowest BCUT2D eigenvalue weighted by Crippen LogP contribution is -2.10. The van der Waals surface area contributed by atoms with Crippen molar-refractivity contribution in [3.8, 4) is 0 Å². The number of azo groups is 1. The van der Waals surface area contributed by atoms with Crippen LogP contribution in [0, 0.1) is 10.1 Å². The molecule has 0 N–H and O–H groups in total. The minimum atomic E-state index is -0.473. The smallest absolute Gasteiger partial charge is 0.302 e. The SMILES string of the molecule is CC(=O)OCCC(CCOC(C)=O)c1ccc(N=Nc2ccc([N+](=O)[O-])cc2)cc1. The van der Waals surface area contributed by atoms with Gasteiger partial charge >= 0.3 is 11.9 Å². The molecule has 0 aromatic heterocycles. The fraction of sp³-hybridized carbons (Fsp3) is 0.333. The molecule has 0 aliphatic heterocycles. The van der Waals surface area contributed by atoms with Gasteiger partial charge in [-0.05, 0) is 48.6 Å². The van der Waals surface area contributed by atoms with Crippen LogP contribution >= 0.6 is 0 Å². The first-order valence-corrected chi connectivity index (χ1v) is 9.38. The standard InChI is InChI=1S/C21H23N3O6/c1-15(25)29-13-11-18(12-14-30-16(2)26)17-3-5-19(6-4-17)22-23-20-7-9-21(10-8-20)24(27)28/h3-10,18H,11-14H2,1-2H3. The molecule has 9 nitrogen and oxygen atoms in total. The summed E-state index contributed by atoms with van der Waals surface area (Å²) in [4.78, 5) is 32.2. The molecule has 0 atom stereocenters. The van der Waals surface area contributed by atoms with E-state index < -0.39 is 4.92 Å². The second-order valence-electron chi connectivity index (χ2n) is 6.52. The largest absolute Gasteiger partial charge is 0.466 e. The van der Waals surface area contributed by atoms with Crippen molar-refractivity contribution in [2.24, 2.45) is 10.2 Å². The van der Waals surface area contributed by atoms with Crippen LogP contribution in [0.25, 0.3) is 0 Å². The van der Waals surface area contributed by atoms with E-state index in [1.54, 1.807) is 12.1 Å². The second kappa shape index (κ2) is 11.4. The van der Waals surface area contributed by atoms with E-state index in [0.29, 0.717) is 24.2 Å². The Bertz CT molecular complexity index is 874. The van der Waals surface area contributed by atoms with E-state index in [-0.39, 0.29) is 36.8 Å². The van der Waals surface area contributed by atoms with Crippen molar-refractivity contribution in [2.45, 2.75) is 32.6 Å². The number of hydrogen-bond donors (Lipinski definition) is 0. The summed E-state index contributed by atoms with van der Waals surface area (Å²) < 4.78 is 10.1. The maximum Gasteiger partial charge on any atom is 0.302 e. The van der Waals surface area contributed by atoms with Gasteiger partial charge in [-0.2, -0.15) is 10.2 Å². The molecule has 30 heavy (non-hydrogen) atoms. The van der Waals surface area contributed by atoms with Gasteiger partial charge < -0.3 is 9.47 Å². The fourth-order valence-corrected chi connectivity index (χ4v) is 2.74. The average Bonchev–Trinajstić information content (AvgIpc) is 2.71. The summed E-state index contributed by atoms with van der Waals surface area (Å²) in [5.41, 5.74) is 2.12. The Morgan fingerprint density at radius 2 is 1.30 bits per heavy atom. The lowest BCUT2D eigenvalue weighted by molar-refractivity contribution is -0.384. The Morgan fingerprint density at radius 1 is 0.867 bits per heavy atom. The molecule has 0 spiro atoms. The van der Waals surface area contributed by atoms with Gasteiger partial charge in [-0.15, -0.1) is 0 Å². The molecule has 0 aliphatic rings. The van der Waals surface area contributed by atoms with Crippen LogP contribution in [-0.4, -0.2) is 30.1 Å². The van der Waals surface area contributed by atoms with E-state index in [1.807, 2.05) is 12.1 Å². The van der Waals surface area contributed by atoms with Crippen LogP contribution in [-0.2, 0) is 19.1 Å². The molecule has 2 aromatic carbocycles. The summed E-state index contributed by atoms with van der Waals surface area (Å²) in [6.45, 7) is 3.28. The van der Waals surface area contributed by atoms with E-state index in [9.17, 15) is 19.7 Å². The minimum absolute atomic E-state index is 0.00755. The summed E-state index contributed by atoms with van der Waals surface area (Å²) in [7, 11) is 0. The number of ether oxygens (including phenoxy) is 2. The van der Waals surface area contributed by atoms with Crippen LogP contribution in [0.2, 0.25) is 0 Å². The topological polar surface area (TPSA) is 120 Å². The average molecular weight is 413 g/mol. The third-order valence-electron chi connectivity index (χ3n) is 4.25. The highest BCUT2D eigenvalue weighted by Gasteiger charge is 2.13. The highest BCUT2D eigenvalue weighted by Crippen LogP contribution is 2.27. The Hall–Kier alpha value is -3.62. The zero-order valence-electron chi connectivity index (χ0n) is 16.8. The van der Waals surface area contributed by atoms with Gasteiger partial charge in [0.05, 0.1) is 29.5 Å². The van der Waals surface area contributed by atoms with Crippen LogP contribution in [0.5, 0.6) is 0 Å². The van der Waals surface area contributed by atoms with E-state index in [0.717, 1.165) is 5.56 Å². The van der Waals surface area contributed by atoms with Gasteiger partial charge in [0.2, 0.25) is 0 Å². The molecule has 0 fully saturated rings. The van der Waals surface area contributed by atoms with Crippen molar-refractivity contribution in [1.29, 1.82) is 0 Å². The van der Waals surface area contributed by atoms with Gasteiger partial charge in [-0.3, -0.25) is 19.7 Å². The number of carbonyl (C=O) groups is 2. The maximum absolute atomic E-state index is 11.0. The van der Waals surface area contributed by atoms with Crippen molar-refractivity contribution in [2.75, 3.05) is 13.2 Å². The van der Waals surface area contributed by atoms with E-state index >= 15 is 0 Å². The number of esters is 2. The molecular weight excluding hydrogens is 390 g/mol. The molecule has 0 saturated carbocycles.